The number of aryl methyl sites for hydroxylation is 2. The number of H-pyrrole nitrogens is 1. The summed E-state index contributed by atoms with van der Waals surface area (Å²) in [6, 6.07) is 4.05. The van der Waals surface area contributed by atoms with E-state index in [0.29, 0.717) is 6.54 Å². The van der Waals surface area contributed by atoms with E-state index in [1.165, 1.54) is 10.9 Å². The highest BCUT2D eigenvalue weighted by Crippen LogP contribution is 2.37. The second-order valence-electron chi connectivity index (χ2n) is 5.12. The van der Waals surface area contributed by atoms with Crippen molar-refractivity contribution in [1.82, 2.24) is 15.2 Å². The van der Waals surface area contributed by atoms with Gasteiger partial charge in [-0.25, -0.2) is 4.98 Å². The summed E-state index contributed by atoms with van der Waals surface area (Å²) in [5.41, 5.74) is 4.44. The van der Waals surface area contributed by atoms with Gasteiger partial charge in [0, 0.05) is 23.2 Å². The maximum Gasteiger partial charge on any atom is 0.166 e. The number of aromatic nitrogens is 3. The Morgan fingerprint density at radius 3 is 3.10 bits per heavy atom. The van der Waals surface area contributed by atoms with Gasteiger partial charge in [0.2, 0.25) is 0 Å². The molecule has 0 unspecified atom stereocenters. The Morgan fingerprint density at radius 2 is 2.29 bits per heavy atom. The van der Waals surface area contributed by atoms with Crippen LogP contribution in [0.5, 0.6) is 0 Å². The number of hydrogen-bond acceptors (Lipinski definition) is 5. The first kappa shape index (κ1) is 12.4. The number of fused-ring (bicyclic) bond motifs is 3. The van der Waals surface area contributed by atoms with Gasteiger partial charge in [-0.3, -0.25) is 5.10 Å². The molecule has 21 heavy (non-hydrogen) atoms. The van der Waals surface area contributed by atoms with Crippen molar-refractivity contribution >= 4 is 37.6 Å². The van der Waals surface area contributed by atoms with Gasteiger partial charge in [-0.15, -0.1) is 11.3 Å². The predicted octanol–water partition coefficient (Wildman–Crippen LogP) is 3.99. The molecule has 0 aliphatic heterocycles. The minimum Gasteiger partial charge on any atom is -0.472 e. The molecule has 0 aromatic carbocycles. The van der Waals surface area contributed by atoms with E-state index < -0.39 is 0 Å². The van der Waals surface area contributed by atoms with E-state index >= 15 is 0 Å². The summed E-state index contributed by atoms with van der Waals surface area (Å²) in [6.07, 6.45) is 3.41. The minimum atomic E-state index is 0.691. The SMILES string of the molecule is Cc1cc(C)c2c(n1)sc1c(NCc3ccoc3)n[nH]c12. The standard InChI is InChI=1S/C15H14N4OS/c1-8-5-9(2)17-15-11(8)12-13(21-15)14(19-18-12)16-6-10-3-4-20-7-10/h3-5,7H,6H2,1-2H3,(H2,16,18,19). The molecule has 0 amide bonds. The van der Waals surface area contributed by atoms with Crippen LogP contribution in [-0.2, 0) is 6.54 Å². The first-order valence-electron chi connectivity index (χ1n) is 6.72. The van der Waals surface area contributed by atoms with Crippen LogP contribution in [0, 0.1) is 13.8 Å². The smallest absolute Gasteiger partial charge is 0.166 e. The van der Waals surface area contributed by atoms with Crippen molar-refractivity contribution in [1.29, 1.82) is 0 Å². The number of thiophene rings is 1. The lowest BCUT2D eigenvalue weighted by molar-refractivity contribution is 0.564. The zero-order valence-electron chi connectivity index (χ0n) is 11.7. The molecule has 4 heterocycles. The van der Waals surface area contributed by atoms with E-state index in [9.17, 15) is 0 Å². The van der Waals surface area contributed by atoms with E-state index in [1.54, 1.807) is 23.9 Å². The lowest BCUT2D eigenvalue weighted by Gasteiger charge is -1.99. The monoisotopic (exact) mass is 298 g/mol. The maximum absolute atomic E-state index is 5.07. The Balaban J connectivity index is 1.79. The van der Waals surface area contributed by atoms with E-state index in [4.69, 9.17) is 4.42 Å². The molecule has 6 heteroatoms. The van der Waals surface area contributed by atoms with Crippen molar-refractivity contribution in [3.63, 3.8) is 0 Å². The highest BCUT2D eigenvalue weighted by molar-refractivity contribution is 7.26. The van der Waals surface area contributed by atoms with Gasteiger partial charge in [0.05, 0.1) is 22.7 Å². The van der Waals surface area contributed by atoms with Gasteiger partial charge in [0.15, 0.2) is 5.82 Å². The van der Waals surface area contributed by atoms with Gasteiger partial charge in [-0.2, -0.15) is 5.10 Å². The second-order valence-corrected chi connectivity index (χ2v) is 6.12. The molecule has 0 atom stereocenters. The molecule has 0 fully saturated rings. The van der Waals surface area contributed by atoms with Gasteiger partial charge in [0.25, 0.3) is 0 Å². The van der Waals surface area contributed by atoms with Crippen LogP contribution in [0.15, 0.2) is 29.1 Å². The maximum atomic E-state index is 5.07. The van der Waals surface area contributed by atoms with E-state index in [2.05, 4.69) is 33.5 Å². The summed E-state index contributed by atoms with van der Waals surface area (Å²) >= 11 is 1.67. The van der Waals surface area contributed by atoms with Gasteiger partial charge in [-0.1, -0.05) is 0 Å². The second kappa shape index (κ2) is 4.60. The summed E-state index contributed by atoms with van der Waals surface area (Å²) < 4.78 is 6.19. The van der Waals surface area contributed by atoms with Crippen molar-refractivity contribution in [3.05, 3.63) is 41.5 Å². The van der Waals surface area contributed by atoms with Crippen LogP contribution in [0.1, 0.15) is 16.8 Å². The predicted molar refractivity (Wildman–Crippen MR) is 84.8 cm³/mol. The van der Waals surface area contributed by atoms with Crippen molar-refractivity contribution in [2.75, 3.05) is 5.32 Å². The Labute approximate surface area is 125 Å². The summed E-state index contributed by atoms with van der Waals surface area (Å²) in [4.78, 5) is 5.68. The number of nitrogens with zero attached hydrogens (tertiary/aromatic N) is 2. The van der Waals surface area contributed by atoms with Crippen molar-refractivity contribution in [2.45, 2.75) is 20.4 Å². The number of rotatable bonds is 3. The number of nitrogens with one attached hydrogen (secondary N) is 2. The fourth-order valence-electron chi connectivity index (χ4n) is 2.58. The van der Waals surface area contributed by atoms with Crippen LogP contribution < -0.4 is 5.32 Å². The topological polar surface area (TPSA) is 66.7 Å². The van der Waals surface area contributed by atoms with Crippen LogP contribution in [0.4, 0.5) is 5.82 Å². The molecule has 0 saturated carbocycles. The molecule has 4 aromatic rings. The molecule has 0 aliphatic carbocycles. The summed E-state index contributed by atoms with van der Waals surface area (Å²) in [5, 5.41) is 12.0. The highest BCUT2D eigenvalue weighted by atomic mass is 32.1. The third kappa shape index (κ3) is 1.99. The normalized spacial score (nSPS) is 11.5. The Bertz CT molecular complexity index is 920. The molecule has 0 spiro atoms. The van der Waals surface area contributed by atoms with Crippen molar-refractivity contribution in [2.24, 2.45) is 0 Å². The number of anilines is 1. The summed E-state index contributed by atoms with van der Waals surface area (Å²) in [7, 11) is 0. The molecule has 2 N–H and O–H groups in total. The first-order valence-corrected chi connectivity index (χ1v) is 7.54. The van der Waals surface area contributed by atoms with Crippen LogP contribution >= 0.6 is 11.3 Å². The van der Waals surface area contributed by atoms with Gasteiger partial charge in [0.1, 0.15) is 4.83 Å². The highest BCUT2D eigenvalue weighted by Gasteiger charge is 2.15. The van der Waals surface area contributed by atoms with Crippen LogP contribution in [0.25, 0.3) is 20.4 Å². The Morgan fingerprint density at radius 1 is 1.38 bits per heavy atom. The minimum absolute atomic E-state index is 0.691. The molecule has 0 saturated heterocycles. The molecule has 0 bridgehead atoms. The van der Waals surface area contributed by atoms with E-state index in [-0.39, 0.29) is 0 Å². The van der Waals surface area contributed by atoms with E-state index in [1.807, 2.05) is 13.0 Å². The fraction of sp³-hybridized carbons (Fsp3) is 0.200. The number of hydrogen-bond donors (Lipinski definition) is 2. The van der Waals surface area contributed by atoms with Crippen molar-refractivity contribution < 1.29 is 4.42 Å². The van der Waals surface area contributed by atoms with E-state index in [0.717, 1.165) is 32.1 Å². The van der Waals surface area contributed by atoms with Gasteiger partial charge >= 0.3 is 0 Å². The lowest BCUT2D eigenvalue weighted by atomic mass is 10.1. The fourth-order valence-corrected chi connectivity index (χ4v) is 3.79. The number of furan rings is 1. The number of pyridine rings is 1. The largest absolute Gasteiger partial charge is 0.472 e. The quantitative estimate of drug-likeness (QED) is 0.600. The van der Waals surface area contributed by atoms with Crippen LogP contribution in [0.3, 0.4) is 0 Å². The average molecular weight is 298 g/mol. The molecule has 4 rings (SSSR count). The Kier molecular flexibility index (Phi) is 2.71. The Hall–Kier alpha value is -2.34. The molecule has 106 valence electrons. The summed E-state index contributed by atoms with van der Waals surface area (Å²) in [5.74, 6) is 0.867. The zero-order valence-corrected chi connectivity index (χ0v) is 12.5. The zero-order chi connectivity index (χ0) is 14.4. The first-order chi connectivity index (χ1) is 10.2. The molecule has 0 radical (unpaired) electrons. The van der Waals surface area contributed by atoms with Crippen molar-refractivity contribution in [3.8, 4) is 0 Å². The van der Waals surface area contributed by atoms with Crippen LogP contribution in [-0.4, -0.2) is 15.2 Å². The molecular weight excluding hydrogens is 284 g/mol. The summed E-state index contributed by atoms with van der Waals surface area (Å²) in [6.45, 7) is 4.83. The molecule has 0 aliphatic rings. The molecule has 5 nitrogen and oxygen atoms in total. The van der Waals surface area contributed by atoms with Crippen LogP contribution in [0.2, 0.25) is 0 Å². The van der Waals surface area contributed by atoms with Gasteiger partial charge in [-0.05, 0) is 31.5 Å². The van der Waals surface area contributed by atoms with Gasteiger partial charge < -0.3 is 9.73 Å². The molecule has 4 aromatic heterocycles. The average Bonchev–Trinajstić information content (AvgIpc) is 3.11. The third-order valence-electron chi connectivity index (χ3n) is 3.52. The molecular formula is C15H14N4OS. The number of aromatic amines is 1. The third-order valence-corrected chi connectivity index (χ3v) is 4.61. The lowest BCUT2D eigenvalue weighted by Crippen LogP contribution is -1.98.